The normalized spacial score (nSPS) is 15.7. The molecule has 0 saturated heterocycles. The number of methoxy groups -OCH3 is 1. The van der Waals surface area contributed by atoms with Crippen LogP contribution >= 0.6 is 34.4 Å². The van der Waals surface area contributed by atoms with Crippen LogP contribution in [-0.2, 0) is 9.53 Å². The molecule has 178 valence electrons. The summed E-state index contributed by atoms with van der Waals surface area (Å²) in [5.74, 6) is -0.381. The minimum Gasteiger partial charge on any atom is -0.506 e. The Morgan fingerprint density at radius 3 is 2.47 bits per heavy atom. The molecule has 1 N–H and O–H groups in total. The molecule has 0 saturated carbocycles. The number of aliphatic hydroxyl groups is 1. The summed E-state index contributed by atoms with van der Waals surface area (Å²) in [7, 11) is 1.55. The molecule has 0 atom stereocenters. The summed E-state index contributed by atoms with van der Waals surface area (Å²) in [6, 6.07) is 10.6. The Kier molecular flexibility index (Phi) is 8.78. The van der Waals surface area contributed by atoms with E-state index >= 15 is 0 Å². The van der Waals surface area contributed by atoms with E-state index in [9.17, 15) is 14.7 Å². The molecular formula is C25H24INO6S. The Hall–Kier alpha value is -2.79. The number of ether oxygens (including phenoxy) is 3. The predicted octanol–water partition coefficient (Wildman–Crippen LogP) is 5.71. The standard InChI is InChI=1S/C25H24INO6S/c1-5-32-22-17(26)11-15(12-18(22)31-4)13-19-21(28)20(25(30)33-6-2)24(34-19)27-23(29)16-9-7-14(3)8-10-16/h7-13,28H,5-6H2,1-4H3/b19-13-,27-24?. The van der Waals surface area contributed by atoms with Gasteiger partial charge in [0, 0.05) is 5.56 Å². The number of thioether (sulfide) groups is 1. The third-order valence-electron chi connectivity index (χ3n) is 4.71. The first kappa shape index (κ1) is 25.8. The average molecular weight is 593 g/mol. The molecule has 34 heavy (non-hydrogen) atoms. The summed E-state index contributed by atoms with van der Waals surface area (Å²) >= 11 is 3.17. The number of aliphatic hydroxyl groups excluding tert-OH is 1. The van der Waals surface area contributed by atoms with Crippen LogP contribution < -0.4 is 9.47 Å². The molecule has 0 radical (unpaired) electrons. The molecule has 0 unspecified atom stereocenters. The highest BCUT2D eigenvalue weighted by Gasteiger charge is 2.34. The maximum atomic E-state index is 12.7. The number of nitrogens with zero attached hydrogens (tertiary/aromatic N) is 1. The molecule has 2 aromatic rings. The summed E-state index contributed by atoms with van der Waals surface area (Å²) in [5, 5.41) is 11.0. The number of amides is 1. The number of aryl methyl sites for hydroxylation is 1. The molecule has 0 aromatic heterocycles. The van der Waals surface area contributed by atoms with E-state index in [1.807, 2.05) is 19.9 Å². The van der Waals surface area contributed by atoms with E-state index in [0.717, 1.165) is 20.9 Å². The average Bonchev–Trinajstić information content (AvgIpc) is 3.10. The second-order valence-electron chi connectivity index (χ2n) is 7.11. The van der Waals surface area contributed by atoms with Crippen LogP contribution in [0.3, 0.4) is 0 Å². The molecule has 7 nitrogen and oxygen atoms in total. The van der Waals surface area contributed by atoms with Gasteiger partial charge in [0.25, 0.3) is 5.91 Å². The first-order chi connectivity index (χ1) is 16.3. The van der Waals surface area contributed by atoms with Crippen molar-refractivity contribution in [3.63, 3.8) is 0 Å². The first-order valence-corrected chi connectivity index (χ1v) is 12.4. The van der Waals surface area contributed by atoms with Gasteiger partial charge < -0.3 is 19.3 Å². The minimum absolute atomic E-state index is 0.0837. The monoisotopic (exact) mass is 593 g/mol. The van der Waals surface area contributed by atoms with E-state index < -0.39 is 11.9 Å². The molecule has 1 aliphatic heterocycles. The smallest absolute Gasteiger partial charge is 0.344 e. The fraction of sp³-hybridized carbons (Fsp3) is 0.240. The number of benzene rings is 2. The van der Waals surface area contributed by atoms with Crippen LogP contribution in [0.5, 0.6) is 11.5 Å². The highest BCUT2D eigenvalue weighted by Crippen LogP contribution is 2.41. The molecule has 0 fully saturated rings. The molecule has 3 rings (SSSR count). The van der Waals surface area contributed by atoms with E-state index in [1.54, 1.807) is 50.4 Å². The van der Waals surface area contributed by atoms with Crippen LogP contribution in [-0.4, -0.2) is 42.4 Å². The van der Waals surface area contributed by atoms with Crippen molar-refractivity contribution >= 4 is 57.3 Å². The van der Waals surface area contributed by atoms with Crippen molar-refractivity contribution in [1.29, 1.82) is 0 Å². The molecule has 1 amide bonds. The third kappa shape index (κ3) is 5.82. The molecule has 9 heteroatoms. The quantitative estimate of drug-likeness (QED) is 0.325. The van der Waals surface area contributed by atoms with Crippen LogP contribution in [0.25, 0.3) is 6.08 Å². The molecule has 1 aliphatic rings. The van der Waals surface area contributed by atoms with Crippen molar-refractivity contribution in [2.45, 2.75) is 20.8 Å². The van der Waals surface area contributed by atoms with Crippen LogP contribution in [0, 0.1) is 10.5 Å². The van der Waals surface area contributed by atoms with Crippen molar-refractivity contribution < 1.29 is 28.9 Å². The number of rotatable bonds is 7. The second-order valence-corrected chi connectivity index (χ2v) is 9.30. The Balaban J connectivity index is 2.03. The fourth-order valence-corrected chi connectivity index (χ4v) is 4.90. The van der Waals surface area contributed by atoms with E-state index in [0.29, 0.717) is 34.1 Å². The Labute approximate surface area is 216 Å². The molecule has 2 aromatic carbocycles. The Bertz CT molecular complexity index is 1200. The van der Waals surface area contributed by atoms with Gasteiger partial charge in [0.05, 0.1) is 28.8 Å². The summed E-state index contributed by atoms with van der Waals surface area (Å²) in [6.45, 7) is 6.08. The van der Waals surface area contributed by atoms with Crippen molar-refractivity contribution in [2.24, 2.45) is 4.99 Å². The number of carbonyl (C=O) groups excluding carboxylic acids is 2. The highest BCUT2D eigenvalue weighted by molar-refractivity contribution is 14.1. The summed E-state index contributed by atoms with van der Waals surface area (Å²) < 4.78 is 17.0. The van der Waals surface area contributed by atoms with Gasteiger partial charge in [0.2, 0.25) is 0 Å². The topological polar surface area (TPSA) is 94.4 Å². The molecule has 0 aliphatic carbocycles. The van der Waals surface area contributed by atoms with Gasteiger partial charge in [-0.25, -0.2) is 9.79 Å². The fourth-order valence-electron chi connectivity index (χ4n) is 3.10. The van der Waals surface area contributed by atoms with Crippen LogP contribution in [0.4, 0.5) is 0 Å². The zero-order valence-electron chi connectivity index (χ0n) is 19.2. The second kappa shape index (κ2) is 11.6. The zero-order valence-corrected chi connectivity index (χ0v) is 22.2. The van der Waals surface area contributed by atoms with Crippen LogP contribution in [0.15, 0.2) is 57.6 Å². The lowest BCUT2D eigenvalue weighted by atomic mass is 10.1. The number of hydrogen-bond donors (Lipinski definition) is 1. The van der Waals surface area contributed by atoms with Crippen LogP contribution in [0.2, 0.25) is 0 Å². The molecular weight excluding hydrogens is 569 g/mol. The number of halogens is 1. The molecule has 1 heterocycles. The summed E-state index contributed by atoms with van der Waals surface area (Å²) in [6.07, 6.45) is 1.69. The van der Waals surface area contributed by atoms with Crippen molar-refractivity contribution in [2.75, 3.05) is 20.3 Å². The van der Waals surface area contributed by atoms with Gasteiger partial charge in [-0.05, 0) is 79.3 Å². The van der Waals surface area contributed by atoms with Crippen LogP contribution in [0.1, 0.15) is 35.3 Å². The van der Waals surface area contributed by atoms with Gasteiger partial charge in [-0.15, -0.1) is 0 Å². The zero-order chi connectivity index (χ0) is 24.8. The predicted molar refractivity (Wildman–Crippen MR) is 142 cm³/mol. The highest BCUT2D eigenvalue weighted by atomic mass is 127. The van der Waals surface area contributed by atoms with Gasteiger partial charge in [0.15, 0.2) is 11.5 Å². The molecule has 0 bridgehead atoms. The van der Waals surface area contributed by atoms with E-state index in [2.05, 4.69) is 27.6 Å². The SMILES string of the molecule is CCOC(=O)C1=C(O)/C(=C/c2cc(I)c(OCC)c(OC)c2)SC1=NC(=O)c1ccc(C)cc1. The Morgan fingerprint density at radius 2 is 1.85 bits per heavy atom. The number of hydrogen-bond acceptors (Lipinski definition) is 7. The summed E-state index contributed by atoms with van der Waals surface area (Å²) in [5.41, 5.74) is 1.97. The first-order valence-electron chi connectivity index (χ1n) is 10.5. The van der Waals surface area contributed by atoms with Gasteiger partial charge >= 0.3 is 5.97 Å². The van der Waals surface area contributed by atoms with Gasteiger partial charge in [0.1, 0.15) is 16.4 Å². The van der Waals surface area contributed by atoms with Gasteiger partial charge in [-0.1, -0.05) is 29.5 Å². The number of esters is 1. The maximum Gasteiger partial charge on any atom is 0.344 e. The number of carbonyl (C=O) groups is 2. The van der Waals surface area contributed by atoms with Crippen molar-refractivity contribution in [3.05, 3.63) is 72.9 Å². The van der Waals surface area contributed by atoms with E-state index in [1.165, 1.54) is 0 Å². The third-order valence-corrected chi connectivity index (χ3v) is 6.53. The largest absolute Gasteiger partial charge is 0.506 e. The molecule has 0 spiro atoms. The van der Waals surface area contributed by atoms with E-state index in [4.69, 9.17) is 14.2 Å². The summed E-state index contributed by atoms with van der Waals surface area (Å²) in [4.78, 5) is 29.8. The van der Waals surface area contributed by atoms with Gasteiger partial charge in [-0.3, -0.25) is 4.79 Å². The lowest BCUT2D eigenvalue weighted by molar-refractivity contribution is -0.138. The van der Waals surface area contributed by atoms with E-state index in [-0.39, 0.29) is 23.0 Å². The van der Waals surface area contributed by atoms with Gasteiger partial charge in [-0.2, -0.15) is 0 Å². The van der Waals surface area contributed by atoms with Crippen molar-refractivity contribution in [3.8, 4) is 11.5 Å². The van der Waals surface area contributed by atoms with Crippen molar-refractivity contribution in [1.82, 2.24) is 0 Å². The maximum absolute atomic E-state index is 12.7. The minimum atomic E-state index is -0.745. The lowest BCUT2D eigenvalue weighted by Gasteiger charge is -2.12. The number of aliphatic imine (C=N–C) groups is 1. The lowest BCUT2D eigenvalue weighted by Crippen LogP contribution is -2.14. The Morgan fingerprint density at radius 1 is 1.15 bits per heavy atom.